The van der Waals surface area contributed by atoms with Crippen molar-refractivity contribution in [3.8, 4) is 0 Å². The molecule has 2 rings (SSSR count). The van der Waals surface area contributed by atoms with Gasteiger partial charge in [0.15, 0.2) is 0 Å². The third kappa shape index (κ3) is 5.67. The highest BCUT2D eigenvalue weighted by Gasteiger charge is 2.30. The van der Waals surface area contributed by atoms with Gasteiger partial charge in [0.2, 0.25) is 0 Å². The van der Waals surface area contributed by atoms with Crippen LogP contribution in [0.3, 0.4) is 0 Å². The second-order valence-corrected chi connectivity index (χ2v) is 11.5. The first-order valence-corrected chi connectivity index (χ1v) is 11.5. The predicted molar refractivity (Wildman–Crippen MR) is 93.8 cm³/mol. The Morgan fingerprint density at radius 3 is 2.48 bits per heavy atom. The molecule has 0 saturated heterocycles. The first-order chi connectivity index (χ1) is 11.5. The van der Waals surface area contributed by atoms with E-state index in [-0.39, 0.29) is 23.6 Å². The van der Waals surface area contributed by atoms with Gasteiger partial charge in [0, 0.05) is 11.3 Å². The Kier molecular flexibility index (Phi) is 6.13. The molecule has 0 amide bonds. The number of nitrogens with one attached hydrogen (secondary N) is 1. The van der Waals surface area contributed by atoms with Gasteiger partial charge in [-0.2, -0.15) is 13.2 Å². The third-order valence-corrected chi connectivity index (χ3v) is 7.59. The van der Waals surface area contributed by atoms with Gasteiger partial charge in [0.1, 0.15) is 6.61 Å². The predicted octanol–water partition coefficient (Wildman–Crippen LogP) is 4.26. The smallest absolute Gasteiger partial charge is 0.372 e. The SMILES string of the molecule is CS1(Cl)C=CC(NS(=O)(=O)c2ccccc2)=C1CCOCC(F)(F)F. The van der Waals surface area contributed by atoms with Crippen molar-refractivity contribution >= 4 is 29.9 Å². The van der Waals surface area contributed by atoms with E-state index in [1.165, 1.54) is 12.1 Å². The maximum Gasteiger partial charge on any atom is 0.411 e. The summed E-state index contributed by atoms with van der Waals surface area (Å²) >= 11 is 0. The molecule has 1 heterocycles. The number of hydrogen-bond donors (Lipinski definition) is 1. The van der Waals surface area contributed by atoms with Crippen LogP contribution in [0.2, 0.25) is 0 Å². The van der Waals surface area contributed by atoms with Crippen molar-refractivity contribution in [3.05, 3.63) is 52.4 Å². The van der Waals surface area contributed by atoms with Crippen LogP contribution in [0.1, 0.15) is 6.42 Å². The summed E-state index contributed by atoms with van der Waals surface area (Å²) in [6, 6.07) is 7.77. The van der Waals surface area contributed by atoms with E-state index in [9.17, 15) is 21.6 Å². The van der Waals surface area contributed by atoms with Crippen molar-refractivity contribution in [1.82, 2.24) is 4.72 Å². The Labute approximate surface area is 150 Å². The van der Waals surface area contributed by atoms with Crippen LogP contribution in [0.4, 0.5) is 13.2 Å². The molecule has 0 saturated carbocycles. The van der Waals surface area contributed by atoms with Crippen molar-refractivity contribution in [2.75, 3.05) is 19.5 Å². The lowest BCUT2D eigenvalue weighted by atomic mass is 10.3. The Hall–Kier alpha value is -1.16. The normalized spacial score (nSPS) is 23.6. The van der Waals surface area contributed by atoms with Crippen molar-refractivity contribution in [3.63, 3.8) is 0 Å². The summed E-state index contributed by atoms with van der Waals surface area (Å²) in [6.07, 6.45) is -1.04. The number of ether oxygens (including phenoxy) is 1. The Balaban J connectivity index is 2.13. The van der Waals surface area contributed by atoms with Crippen LogP contribution in [0.25, 0.3) is 0 Å². The van der Waals surface area contributed by atoms with Crippen molar-refractivity contribution in [2.45, 2.75) is 17.5 Å². The Morgan fingerprint density at radius 1 is 1.24 bits per heavy atom. The first-order valence-electron chi connectivity index (χ1n) is 7.13. The van der Waals surface area contributed by atoms with Gasteiger partial charge in [0.25, 0.3) is 10.0 Å². The maximum atomic E-state index is 12.4. The van der Waals surface area contributed by atoms with E-state index >= 15 is 0 Å². The van der Waals surface area contributed by atoms with Gasteiger partial charge in [-0.3, -0.25) is 4.72 Å². The van der Waals surface area contributed by atoms with Gasteiger partial charge in [-0.15, -0.1) is 9.24 Å². The molecule has 0 radical (unpaired) electrons. The van der Waals surface area contributed by atoms with Gasteiger partial charge < -0.3 is 4.74 Å². The van der Waals surface area contributed by atoms with Crippen molar-refractivity contribution in [2.24, 2.45) is 0 Å². The molecule has 1 aliphatic rings. The van der Waals surface area contributed by atoms with Crippen molar-refractivity contribution in [1.29, 1.82) is 0 Å². The summed E-state index contributed by atoms with van der Waals surface area (Å²) in [6.45, 7) is -1.56. The highest BCUT2D eigenvalue weighted by molar-refractivity contribution is 8.55. The van der Waals surface area contributed by atoms with Crippen LogP contribution >= 0.6 is 19.9 Å². The molecule has 0 fully saturated rings. The minimum absolute atomic E-state index is 0.0850. The summed E-state index contributed by atoms with van der Waals surface area (Å²) in [5.74, 6) is 0. The average molecular weight is 416 g/mol. The van der Waals surface area contributed by atoms with Crippen LogP contribution in [0, 0.1) is 0 Å². The lowest BCUT2D eigenvalue weighted by molar-refractivity contribution is -0.173. The van der Waals surface area contributed by atoms with E-state index in [2.05, 4.69) is 9.46 Å². The summed E-state index contributed by atoms with van der Waals surface area (Å²) < 4.78 is 68.3. The molecule has 1 N–H and O–H groups in total. The van der Waals surface area contributed by atoms with Crippen molar-refractivity contribution < 1.29 is 26.3 Å². The van der Waals surface area contributed by atoms with Gasteiger partial charge in [0.05, 0.1) is 17.2 Å². The van der Waals surface area contributed by atoms with Gasteiger partial charge >= 0.3 is 6.18 Å². The molecule has 140 valence electrons. The summed E-state index contributed by atoms with van der Waals surface area (Å²) in [5.41, 5.74) is 0.284. The fraction of sp³-hybridized carbons (Fsp3) is 0.333. The molecule has 1 atom stereocenters. The molecular formula is C15H17ClF3NO3S2. The number of sulfonamides is 1. The van der Waals surface area contributed by atoms with Crippen LogP contribution < -0.4 is 4.72 Å². The van der Waals surface area contributed by atoms with Gasteiger partial charge in [-0.05, 0) is 29.9 Å². The average Bonchev–Trinajstić information content (AvgIpc) is 2.78. The first kappa shape index (κ1) is 20.2. The molecule has 0 aliphatic carbocycles. The number of hydrogen-bond acceptors (Lipinski definition) is 3. The zero-order valence-electron chi connectivity index (χ0n) is 13.2. The summed E-state index contributed by atoms with van der Waals surface area (Å²) in [7, 11) is 0.669. The zero-order valence-corrected chi connectivity index (χ0v) is 15.6. The second-order valence-electron chi connectivity index (χ2n) is 5.35. The molecule has 25 heavy (non-hydrogen) atoms. The van der Waals surface area contributed by atoms with Crippen LogP contribution in [0.15, 0.2) is 57.3 Å². The molecular weight excluding hydrogens is 399 g/mol. The minimum Gasteiger partial charge on any atom is -0.372 e. The van der Waals surface area contributed by atoms with E-state index in [1.54, 1.807) is 35.9 Å². The monoisotopic (exact) mass is 415 g/mol. The number of rotatable bonds is 7. The standard InChI is InChI=1S/C15H17ClF3NO3S2/c1-24(16)10-8-13(14(24)7-9-23-11-15(17,18)19)20-25(21,22)12-5-3-2-4-6-12/h2-6,8,10,20H,7,9,11H2,1H3. The quantitative estimate of drug-likeness (QED) is 0.677. The topological polar surface area (TPSA) is 55.4 Å². The number of benzene rings is 1. The number of halogens is 4. The molecule has 0 spiro atoms. The molecule has 1 aromatic carbocycles. The molecule has 1 aromatic rings. The lowest BCUT2D eigenvalue weighted by Gasteiger charge is -2.25. The fourth-order valence-electron chi connectivity index (χ4n) is 2.17. The fourth-order valence-corrected chi connectivity index (χ4v) is 5.57. The summed E-state index contributed by atoms with van der Waals surface area (Å²) in [5, 5.41) is 1.66. The van der Waals surface area contributed by atoms with E-state index in [1.807, 2.05) is 0 Å². The molecule has 1 unspecified atom stereocenters. The molecule has 4 nitrogen and oxygen atoms in total. The Bertz CT molecular complexity index is 775. The van der Waals surface area contributed by atoms with Gasteiger partial charge in [-0.1, -0.05) is 28.9 Å². The summed E-state index contributed by atoms with van der Waals surface area (Å²) in [4.78, 5) is 0.623. The highest BCUT2D eigenvalue weighted by atomic mass is 35.7. The van der Waals surface area contributed by atoms with Crippen LogP contribution in [-0.4, -0.2) is 34.1 Å². The third-order valence-electron chi connectivity index (χ3n) is 3.31. The molecule has 1 aliphatic heterocycles. The van der Waals surface area contributed by atoms with E-state index in [0.717, 1.165) is 0 Å². The number of alkyl halides is 3. The van der Waals surface area contributed by atoms with Gasteiger partial charge in [-0.25, -0.2) is 8.42 Å². The number of allylic oxidation sites excluding steroid dienone is 1. The van der Waals surface area contributed by atoms with Crippen LogP contribution in [-0.2, 0) is 14.8 Å². The maximum absolute atomic E-state index is 12.4. The Morgan fingerprint density at radius 2 is 1.88 bits per heavy atom. The minimum atomic E-state index is -4.41. The van der Waals surface area contributed by atoms with E-state index in [0.29, 0.717) is 4.91 Å². The van der Waals surface area contributed by atoms with E-state index in [4.69, 9.17) is 10.7 Å². The molecule has 10 heteroatoms. The lowest BCUT2D eigenvalue weighted by Crippen LogP contribution is -2.23. The molecule has 0 aromatic heterocycles. The second kappa shape index (κ2) is 7.61. The zero-order chi connectivity index (χ0) is 18.7. The van der Waals surface area contributed by atoms with E-state index < -0.39 is 32.0 Å². The largest absolute Gasteiger partial charge is 0.411 e. The highest BCUT2D eigenvalue weighted by Crippen LogP contribution is 2.63. The van der Waals surface area contributed by atoms with Crippen LogP contribution in [0.5, 0.6) is 0 Å². The molecule has 0 bridgehead atoms.